The van der Waals surface area contributed by atoms with Crippen LogP contribution < -0.4 is 0 Å². The molecule has 0 saturated heterocycles. The van der Waals surface area contributed by atoms with Gasteiger partial charge in [0.15, 0.2) is 0 Å². The number of esters is 2. The summed E-state index contributed by atoms with van der Waals surface area (Å²) in [4.78, 5) is 25.1. The van der Waals surface area contributed by atoms with E-state index in [2.05, 4.69) is 59.3 Å². The van der Waals surface area contributed by atoms with Crippen LogP contribution >= 0.6 is 0 Å². The fourth-order valence-electron chi connectivity index (χ4n) is 5.73. The van der Waals surface area contributed by atoms with Crippen molar-refractivity contribution in [3.8, 4) is 0 Å². The first-order valence-corrected chi connectivity index (χ1v) is 23.0. The molecule has 0 aliphatic rings. The third-order valence-electron chi connectivity index (χ3n) is 8.85. The summed E-state index contributed by atoms with van der Waals surface area (Å²) in [6, 6.07) is 0. The maximum absolute atomic E-state index is 12.6. The molecule has 0 rings (SSSR count). The summed E-state index contributed by atoms with van der Waals surface area (Å²) in [7, 11) is 2.37. The van der Waals surface area contributed by atoms with Crippen molar-refractivity contribution >= 4 is 22.1 Å². The van der Waals surface area contributed by atoms with Crippen molar-refractivity contribution in [3.05, 3.63) is 24.3 Å². The first kappa shape index (κ1) is 52.4. The van der Waals surface area contributed by atoms with Crippen molar-refractivity contribution in [1.82, 2.24) is 0 Å². The lowest BCUT2D eigenvalue weighted by molar-refractivity contribution is -0.871. The molecule has 0 aliphatic heterocycles. The van der Waals surface area contributed by atoms with Gasteiger partial charge in [-0.2, -0.15) is 0 Å². The Balaban J connectivity index is 0. The lowest BCUT2D eigenvalue weighted by Crippen LogP contribution is -2.38. The smallest absolute Gasteiger partial charge is 0.308 e. The Bertz CT molecular complexity index is 910. The molecule has 0 saturated carbocycles. The van der Waals surface area contributed by atoms with E-state index in [0.717, 1.165) is 62.4 Å². The first-order valence-electron chi connectivity index (χ1n) is 21.2. The Morgan fingerprint density at radius 1 is 0.538 bits per heavy atom. The van der Waals surface area contributed by atoms with E-state index in [1.54, 1.807) is 0 Å². The SMILES string of the molecule is CCCCCCCC/C=C\CCCCCCCC(=O)OC(CC[N+](C)(C)C)OC(=O)CCCCCCC/C=C\CCCCCCCC.CS(=O)(=O)[O-]. The lowest BCUT2D eigenvalue weighted by atomic mass is 10.1. The minimum Gasteiger partial charge on any atom is -0.748 e. The summed E-state index contributed by atoms with van der Waals surface area (Å²) in [5.41, 5.74) is 0. The molecular weight excluding hydrogens is 675 g/mol. The van der Waals surface area contributed by atoms with Crippen molar-refractivity contribution in [2.75, 3.05) is 33.9 Å². The van der Waals surface area contributed by atoms with Crippen molar-refractivity contribution in [2.24, 2.45) is 0 Å². The van der Waals surface area contributed by atoms with Gasteiger partial charge < -0.3 is 18.5 Å². The normalized spacial score (nSPS) is 12.1. The Labute approximate surface area is 322 Å². The molecule has 0 aromatic carbocycles. The highest BCUT2D eigenvalue weighted by molar-refractivity contribution is 7.84. The minimum absolute atomic E-state index is 0.247. The van der Waals surface area contributed by atoms with Crippen LogP contribution in [0, 0.1) is 0 Å². The molecule has 8 nitrogen and oxygen atoms in total. The molecule has 0 amide bonds. The molecule has 0 atom stereocenters. The number of nitrogens with zero attached hydrogens (tertiary/aromatic N) is 1. The monoisotopic (exact) mass is 758 g/mol. The Kier molecular flexibility index (Phi) is 37.9. The highest BCUT2D eigenvalue weighted by Crippen LogP contribution is 2.15. The summed E-state index contributed by atoms with van der Waals surface area (Å²) in [5.74, 6) is -0.495. The van der Waals surface area contributed by atoms with E-state index in [9.17, 15) is 9.59 Å². The van der Waals surface area contributed by atoms with Gasteiger partial charge >= 0.3 is 11.9 Å². The highest BCUT2D eigenvalue weighted by atomic mass is 32.2. The number of allylic oxidation sites excluding steroid dienone is 4. The Morgan fingerprint density at radius 2 is 0.808 bits per heavy atom. The average Bonchev–Trinajstić information content (AvgIpc) is 3.06. The van der Waals surface area contributed by atoms with Gasteiger partial charge in [-0.25, -0.2) is 8.42 Å². The summed E-state index contributed by atoms with van der Waals surface area (Å²) < 4.78 is 39.3. The summed E-state index contributed by atoms with van der Waals surface area (Å²) in [6.07, 6.45) is 42.5. The second kappa shape index (κ2) is 37.6. The molecule has 0 fully saturated rings. The zero-order chi connectivity index (χ0) is 39.2. The van der Waals surface area contributed by atoms with Gasteiger partial charge in [0, 0.05) is 19.1 Å². The maximum Gasteiger partial charge on any atom is 0.308 e. The number of unbranched alkanes of at least 4 members (excludes halogenated alkanes) is 22. The van der Waals surface area contributed by atoms with Gasteiger partial charge in [-0.3, -0.25) is 9.59 Å². The van der Waals surface area contributed by atoms with Crippen LogP contribution in [0.25, 0.3) is 0 Å². The molecule has 0 aliphatic carbocycles. The molecular formula is C43H83NO7S. The second-order valence-corrected chi connectivity index (χ2v) is 17.0. The topological polar surface area (TPSA) is 110 Å². The van der Waals surface area contributed by atoms with E-state index < -0.39 is 16.4 Å². The molecule has 308 valence electrons. The zero-order valence-corrected chi connectivity index (χ0v) is 35.6. The van der Waals surface area contributed by atoms with E-state index in [0.29, 0.717) is 25.5 Å². The highest BCUT2D eigenvalue weighted by Gasteiger charge is 2.22. The van der Waals surface area contributed by atoms with Crippen LogP contribution in [0.4, 0.5) is 0 Å². The molecule has 9 heteroatoms. The third kappa shape index (κ3) is 50.4. The number of hydrogen-bond acceptors (Lipinski definition) is 7. The molecule has 0 bridgehead atoms. The largest absolute Gasteiger partial charge is 0.748 e. The molecule has 0 unspecified atom stereocenters. The van der Waals surface area contributed by atoms with Crippen molar-refractivity contribution in [3.63, 3.8) is 0 Å². The van der Waals surface area contributed by atoms with Crippen molar-refractivity contribution in [2.45, 2.75) is 206 Å². The van der Waals surface area contributed by atoms with Gasteiger partial charge in [0.05, 0.1) is 44.2 Å². The quantitative estimate of drug-likeness (QED) is 0.0158. The van der Waals surface area contributed by atoms with E-state index in [1.165, 1.54) is 116 Å². The van der Waals surface area contributed by atoms with E-state index >= 15 is 0 Å². The van der Waals surface area contributed by atoms with Gasteiger partial charge in [0.2, 0.25) is 0 Å². The van der Waals surface area contributed by atoms with Gasteiger partial charge in [-0.15, -0.1) is 0 Å². The number of carbonyl (C=O) groups excluding carboxylic acids is 2. The fourth-order valence-corrected chi connectivity index (χ4v) is 5.73. The molecule has 0 spiro atoms. The maximum atomic E-state index is 12.6. The van der Waals surface area contributed by atoms with Gasteiger partial charge in [-0.05, 0) is 64.2 Å². The summed E-state index contributed by atoms with van der Waals surface area (Å²) >= 11 is 0. The van der Waals surface area contributed by atoms with Crippen LogP contribution in [0.3, 0.4) is 0 Å². The van der Waals surface area contributed by atoms with Crippen LogP contribution in [0.5, 0.6) is 0 Å². The van der Waals surface area contributed by atoms with Gasteiger partial charge in [0.1, 0.15) is 0 Å². The second-order valence-electron chi connectivity index (χ2n) is 15.6. The van der Waals surface area contributed by atoms with Crippen LogP contribution in [0.1, 0.15) is 200 Å². The van der Waals surface area contributed by atoms with E-state index in [-0.39, 0.29) is 11.9 Å². The molecule has 0 aromatic heterocycles. The predicted molar refractivity (Wildman–Crippen MR) is 218 cm³/mol. The van der Waals surface area contributed by atoms with Crippen LogP contribution in [0.2, 0.25) is 0 Å². The average molecular weight is 758 g/mol. The van der Waals surface area contributed by atoms with Crippen LogP contribution in [0.15, 0.2) is 24.3 Å². The molecule has 0 aromatic rings. The third-order valence-corrected chi connectivity index (χ3v) is 8.85. The van der Waals surface area contributed by atoms with Crippen LogP contribution in [-0.2, 0) is 29.2 Å². The molecule has 0 heterocycles. The van der Waals surface area contributed by atoms with Gasteiger partial charge in [-0.1, -0.05) is 141 Å². The fraction of sp³-hybridized carbons (Fsp3) is 0.860. The summed E-state index contributed by atoms with van der Waals surface area (Å²) in [6.45, 7) is 5.30. The van der Waals surface area contributed by atoms with Crippen molar-refractivity contribution < 1.29 is 36.5 Å². The van der Waals surface area contributed by atoms with E-state index in [1.807, 2.05) is 0 Å². The lowest BCUT2D eigenvalue weighted by Gasteiger charge is -2.26. The molecule has 0 radical (unpaired) electrons. The number of rotatable bonds is 35. The first-order chi connectivity index (χ1) is 24.8. The van der Waals surface area contributed by atoms with Crippen LogP contribution in [-0.4, -0.2) is 69.6 Å². The standard InChI is InChI=1S/C42H80NO4.CH4O3S/c1-6-8-10-12-14-16-18-20-22-24-26-28-30-32-34-36-40(44)46-42(38-39-43(3,4)5)47-41(45)37-35-33-31-29-27-25-23-21-19-17-15-13-11-9-7-2;1-5(2,3)4/h20-23,42H,6-19,24-39H2,1-5H3;1H3,(H,2,3,4)/q+1;/p-1/b22-20-,23-21-;. The molecule has 0 N–H and O–H groups in total. The van der Waals surface area contributed by atoms with Crippen molar-refractivity contribution in [1.29, 1.82) is 0 Å². The van der Waals surface area contributed by atoms with Gasteiger partial charge in [0.25, 0.3) is 6.29 Å². The van der Waals surface area contributed by atoms with E-state index in [4.69, 9.17) is 22.4 Å². The Morgan fingerprint density at radius 3 is 1.10 bits per heavy atom. The minimum atomic E-state index is -3.92. The summed E-state index contributed by atoms with van der Waals surface area (Å²) in [5, 5.41) is 0. The number of ether oxygens (including phenoxy) is 2. The zero-order valence-electron chi connectivity index (χ0n) is 34.8. The molecule has 52 heavy (non-hydrogen) atoms. The Hall–Kier alpha value is -1.71. The number of quaternary nitrogens is 1. The number of carbonyl (C=O) groups is 2. The predicted octanol–water partition coefficient (Wildman–Crippen LogP) is 11.7. The number of hydrogen-bond donors (Lipinski definition) is 0.